The number of hydrogen-bond acceptors (Lipinski definition) is 6. The van der Waals surface area contributed by atoms with Gasteiger partial charge in [0.05, 0.1) is 30.6 Å². The van der Waals surface area contributed by atoms with Crippen LogP contribution in [0.15, 0.2) is 23.2 Å². The molecule has 1 aromatic heterocycles. The minimum absolute atomic E-state index is 0.00492. The summed E-state index contributed by atoms with van der Waals surface area (Å²) in [6.45, 7) is 7.69. The van der Waals surface area contributed by atoms with E-state index in [1.54, 1.807) is 0 Å². The smallest absolute Gasteiger partial charge is 0.251 e. The van der Waals surface area contributed by atoms with Gasteiger partial charge >= 0.3 is 0 Å². The normalized spacial score (nSPS) is 17.8. The Kier molecular flexibility index (Phi) is 6.60. The SMILES string of the molecule is Cc1nc(SCC(=O)N2CCC[C@@H]2c2ccc3c(c2)OCCCO3)c(C(N)=O)c(C)c1C. The number of ether oxygens (including phenoxy) is 2. The number of likely N-dealkylation sites (tertiary alicyclic amines) is 1. The molecule has 0 radical (unpaired) electrons. The first-order valence-corrected chi connectivity index (χ1v) is 11.9. The third-order valence-corrected chi connectivity index (χ3v) is 7.23. The van der Waals surface area contributed by atoms with Gasteiger partial charge in [0.15, 0.2) is 11.5 Å². The fraction of sp³-hybridized carbons (Fsp3) is 0.458. The quantitative estimate of drug-likeness (QED) is 0.691. The number of nitrogens with zero attached hydrogens (tertiary/aromatic N) is 2. The molecule has 1 saturated heterocycles. The van der Waals surface area contributed by atoms with Crippen LogP contribution in [0.1, 0.15) is 58.0 Å². The van der Waals surface area contributed by atoms with Crippen LogP contribution in [0.5, 0.6) is 11.5 Å². The lowest BCUT2D eigenvalue weighted by Gasteiger charge is -2.26. The first-order valence-electron chi connectivity index (χ1n) is 11.0. The van der Waals surface area contributed by atoms with Crippen molar-refractivity contribution in [2.45, 2.75) is 51.1 Å². The molecular weight excluding hydrogens is 426 g/mol. The standard InChI is InChI=1S/C24H29N3O4S/c1-14-15(2)22(23(25)29)24(26-16(14)3)32-13-21(28)27-9-4-6-18(27)17-7-8-19-20(12-17)31-11-5-10-30-19/h7-8,12,18H,4-6,9-11,13H2,1-3H3,(H2,25,29)/t18-/m1/s1. The van der Waals surface area contributed by atoms with Gasteiger partial charge < -0.3 is 20.1 Å². The molecule has 0 saturated carbocycles. The summed E-state index contributed by atoms with van der Waals surface area (Å²) in [5.74, 6) is 1.22. The Morgan fingerprint density at radius 1 is 1.12 bits per heavy atom. The average molecular weight is 456 g/mol. The Bertz CT molecular complexity index is 1060. The maximum absolute atomic E-state index is 13.2. The van der Waals surface area contributed by atoms with Crippen molar-refractivity contribution in [1.29, 1.82) is 0 Å². The Hall–Kier alpha value is -2.74. The molecule has 8 heteroatoms. The Morgan fingerprint density at radius 3 is 2.62 bits per heavy atom. The van der Waals surface area contributed by atoms with Crippen LogP contribution < -0.4 is 15.2 Å². The number of carbonyl (C=O) groups is 2. The highest BCUT2D eigenvalue weighted by Gasteiger charge is 2.31. The number of rotatable bonds is 5. The lowest BCUT2D eigenvalue weighted by molar-refractivity contribution is -0.129. The van der Waals surface area contributed by atoms with Gasteiger partial charge in [-0.3, -0.25) is 9.59 Å². The molecule has 1 atom stereocenters. The largest absolute Gasteiger partial charge is 0.490 e. The molecule has 0 bridgehead atoms. The molecular formula is C24H29N3O4S. The number of carbonyl (C=O) groups excluding carboxylic acids is 2. The fourth-order valence-electron chi connectivity index (χ4n) is 4.32. The molecule has 4 rings (SSSR count). The summed E-state index contributed by atoms with van der Waals surface area (Å²) in [7, 11) is 0. The van der Waals surface area contributed by atoms with Crippen molar-refractivity contribution in [2.24, 2.45) is 5.73 Å². The van der Waals surface area contributed by atoms with Crippen molar-refractivity contribution in [3.63, 3.8) is 0 Å². The highest BCUT2D eigenvalue weighted by Crippen LogP contribution is 2.38. The minimum Gasteiger partial charge on any atom is -0.490 e. The summed E-state index contributed by atoms with van der Waals surface area (Å²) < 4.78 is 11.6. The van der Waals surface area contributed by atoms with Gasteiger partial charge in [0.1, 0.15) is 5.03 Å². The van der Waals surface area contributed by atoms with Crippen LogP contribution in [0.2, 0.25) is 0 Å². The molecule has 2 aliphatic heterocycles. The number of amides is 2. The lowest BCUT2D eigenvalue weighted by atomic mass is 10.0. The predicted octanol–water partition coefficient (Wildman–Crippen LogP) is 3.72. The number of primary amides is 1. The number of aromatic nitrogens is 1. The third kappa shape index (κ3) is 4.41. The van der Waals surface area contributed by atoms with E-state index in [2.05, 4.69) is 4.98 Å². The van der Waals surface area contributed by atoms with Crippen molar-refractivity contribution in [2.75, 3.05) is 25.5 Å². The van der Waals surface area contributed by atoms with Gasteiger partial charge in [-0.2, -0.15) is 0 Å². The Labute approximate surface area is 192 Å². The summed E-state index contributed by atoms with van der Waals surface area (Å²) in [5.41, 5.74) is 9.70. The van der Waals surface area contributed by atoms with Gasteiger partial charge in [-0.05, 0) is 62.4 Å². The van der Waals surface area contributed by atoms with E-state index in [4.69, 9.17) is 15.2 Å². The third-order valence-electron chi connectivity index (χ3n) is 6.27. The van der Waals surface area contributed by atoms with E-state index in [1.807, 2.05) is 43.9 Å². The molecule has 0 spiro atoms. The Balaban J connectivity index is 1.51. The van der Waals surface area contributed by atoms with Crippen molar-refractivity contribution in [1.82, 2.24) is 9.88 Å². The molecule has 2 aromatic rings. The molecule has 2 aliphatic rings. The first kappa shape index (κ1) is 22.5. The summed E-state index contributed by atoms with van der Waals surface area (Å²) in [5, 5.41) is 0.526. The Morgan fingerprint density at radius 2 is 1.88 bits per heavy atom. The zero-order valence-electron chi connectivity index (χ0n) is 18.8. The van der Waals surface area contributed by atoms with Crippen molar-refractivity contribution >= 4 is 23.6 Å². The highest BCUT2D eigenvalue weighted by atomic mass is 32.2. The van der Waals surface area contributed by atoms with Gasteiger partial charge in [-0.25, -0.2) is 4.98 Å². The second kappa shape index (κ2) is 9.40. The summed E-state index contributed by atoms with van der Waals surface area (Å²) in [6, 6.07) is 5.97. The zero-order chi connectivity index (χ0) is 22.8. The number of benzene rings is 1. The maximum atomic E-state index is 13.2. The van der Waals surface area contributed by atoms with Crippen molar-refractivity contribution in [3.8, 4) is 11.5 Å². The minimum atomic E-state index is -0.515. The van der Waals surface area contributed by atoms with Crippen LogP contribution in [-0.4, -0.2) is 47.2 Å². The predicted molar refractivity (Wildman–Crippen MR) is 123 cm³/mol. The molecule has 7 nitrogen and oxygen atoms in total. The van der Waals surface area contributed by atoms with Crippen LogP contribution in [0.25, 0.3) is 0 Å². The van der Waals surface area contributed by atoms with Gasteiger partial charge in [0, 0.05) is 18.7 Å². The number of thioether (sulfide) groups is 1. The zero-order valence-corrected chi connectivity index (χ0v) is 19.6. The topological polar surface area (TPSA) is 94.8 Å². The summed E-state index contributed by atoms with van der Waals surface area (Å²) in [4.78, 5) is 31.7. The number of aryl methyl sites for hydroxylation is 1. The molecule has 32 heavy (non-hydrogen) atoms. The van der Waals surface area contributed by atoms with Crippen LogP contribution in [0, 0.1) is 20.8 Å². The van der Waals surface area contributed by atoms with E-state index >= 15 is 0 Å². The molecule has 2 N–H and O–H groups in total. The maximum Gasteiger partial charge on any atom is 0.251 e. The number of fused-ring (bicyclic) bond motifs is 1. The molecule has 170 valence electrons. The van der Waals surface area contributed by atoms with Crippen LogP contribution >= 0.6 is 11.8 Å². The summed E-state index contributed by atoms with van der Waals surface area (Å²) in [6.07, 6.45) is 2.71. The summed E-state index contributed by atoms with van der Waals surface area (Å²) >= 11 is 1.28. The second-order valence-electron chi connectivity index (χ2n) is 8.28. The molecule has 0 aliphatic carbocycles. The fourth-order valence-corrected chi connectivity index (χ4v) is 5.34. The number of pyridine rings is 1. The number of nitrogens with two attached hydrogens (primary N) is 1. The van der Waals surface area contributed by atoms with Crippen LogP contribution in [0.3, 0.4) is 0 Å². The van der Waals surface area contributed by atoms with Crippen molar-refractivity contribution in [3.05, 3.63) is 46.1 Å². The second-order valence-corrected chi connectivity index (χ2v) is 9.25. The molecule has 1 fully saturated rings. The molecule has 0 unspecified atom stereocenters. The molecule has 2 amide bonds. The van der Waals surface area contributed by atoms with Crippen molar-refractivity contribution < 1.29 is 19.1 Å². The average Bonchev–Trinajstić information content (AvgIpc) is 3.14. The van der Waals surface area contributed by atoms with Gasteiger partial charge in [0.2, 0.25) is 5.91 Å². The van der Waals surface area contributed by atoms with Crippen LogP contribution in [-0.2, 0) is 4.79 Å². The van der Waals surface area contributed by atoms with E-state index in [-0.39, 0.29) is 17.7 Å². The van der Waals surface area contributed by atoms with E-state index in [1.165, 1.54) is 11.8 Å². The van der Waals surface area contributed by atoms with Gasteiger partial charge in [-0.15, -0.1) is 0 Å². The number of hydrogen-bond donors (Lipinski definition) is 1. The highest BCUT2D eigenvalue weighted by molar-refractivity contribution is 8.00. The van der Waals surface area contributed by atoms with Gasteiger partial charge in [0.25, 0.3) is 5.91 Å². The van der Waals surface area contributed by atoms with E-state index in [0.29, 0.717) is 30.3 Å². The van der Waals surface area contributed by atoms with Gasteiger partial charge in [-0.1, -0.05) is 17.8 Å². The molecule has 3 heterocycles. The molecule has 1 aromatic carbocycles. The van der Waals surface area contributed by atoms with E-state index < -0.39 is 5.91 Å². The van der Waals surface area contributed by atoms with E-state index in [0.717, 1.165) is 53.1 Å². The monoisotopic (exact) mass is 455 g/mol. The van der Waals surface area contributed by atoms with Crippen LogP contribution in [0.4, 0.5) is 0 Å². The van der Waals surface area contributed by atoms with E-state index in [9.17, 15) is 9.59 Å². The lowest BCUT2D eigenvalue weighted by Crippen LogP contribution is -2.32. The first-order chi connectivity index (χ1) is 15.4.